The van der Waals surface area contributed by atoms with Crippen molar-refractivity contribution in [3.8, 4) is 0 Å². The van der Waals surface area contributed by atoms with Gasteiger partial charge in [0.1, 0.15) is 5.82 Å². The van der Waals surface area contributed by atoms with Crippen LogP contribution >= 0.6 is 0 Å². The van der Waals surface area contributed by atoms with Crippen LogP contribution in [0.25, 0.3) is 0 Å². The fraction of sp³-hybridized carbons (Fsp3) is 0.643. The van der Waals surface area contributed by atoms with Crippen molar-refractivity contribution in [2.45, 2.75) is 25.8 Å². The zero-order valence-electron chi connectivity index (χ0n) is 11.3. The summed E-state index contributed by atoms with van der Waals surface area (Å²) in [5.74, 6) is 1.77. The fourth-order valence-electron chi connectivity index (χ4n) is 2.42. The number of hydrogen-bond acceptors (Lipinski definition) is 4. The highest BCUT2D eigenvalue weighted by molar-refractivity contribution is 5.40. The topological polar surface area (TPSA) is 51.4 Å². The zero-order valence-corrected chi connectivity index (χ0v) is 11.3. The Hall–Kier alpha value is -1.13. The minimum absolute atomic E-state index is 0.0546. The van der Waals surface area contributed by atoms with Crippen LogP contribution in [0, 0.1) is 5.92 Å². The van der Waals surface area contributed by atoms with Crippen LogP contribution in [0.15, 0.2) is 18.3 Å². The Bertz CT molecular complexity index is 356. The molecular formula is C14H23N3O. The van der Waals surface area contributed by atoms with Crippen LogP contribution in [0.3, 0.4) is 0 Å². The van der Waals surface area contributed by atoms with Gasteiger partial charge in [0.05, 0.1) is 0 Å². The van der Waals surface area contributed by atoms with Crippen LogP contribution < -0.4 is 10.6 Å². The third-order valence-electron chi connectivity index (χ3n) is 3.64. The number of ether oxygens (including phenoxy) is 1. The fourth-order valence-corrected chi connectivity index (χ4v) is 2.42. The zero-order chi connectivity index (χ0) is 13.0. The molecule has 0 amide bonds. The molecule has 18 heavy (non-hydrogen) atoms. The van der Waals surface area contributed by atoms with E-state index in [0.29, 0.717) is 5.92 Å². The van der Waals surface area contributed by atoms with Crippen LogP contribution in [0.1, 0.15) is 31.4 Å². The number of anilines is 1. The van der Waals surface area contributed by atoms with Gasteiger partial charge in [0, 0.05) is 39.0 Å². The summed E-state index contributed by atoms with van der Waals surface area (Å²) in [5.41, 5.74) is 6.92. The first-order valence-electron chi connectivity index (χ1n) is 6.66. The number of aromatic nitrogens is 1. The van der Waals surface area contributed by atoms with E-state index in [1.165, 1.54) is 12.8 Å². The van der Waals surface area contributed by atoms with E-state index in [1.807, 2.05) is 13.1 Å². The molecule has 1 fully saturated rings. The van der Waals surface area contributed by atoms with Crippen LogP contribution in [0.4, 0.5) is 5.82 Å². The third kappa shape index (κ3) is 3.21. The Morgan fingerprint density at radius 1 is 1.44 bits per heavy atom. The van der Waals surface area contributed by atoms with Crippen molar-refractivity contribution in [1.82, 2.24) is 4.98 Å². The number of pyridine rings is 1. The van der Waals surface area contributed by atoms with E-state index in [-0.39, 0.29) is 6.04 Å². The molecule has 1 aromatic heterocycles. The molecule has 0 saturated carbocycles. The van der Waals surface area contributed by atoms with Crippen LogP contribution in [-0.4, -0.2) is 31.8 Å². The molecule has 0 radical (unpaired) electrons. The van der Waals surface area contributed by atoms with Gasteiger partial charge in [-0.25, -0.2) is 4.98 Å². The Kier molecular flexibility index (Phi) is 4.55. The van der Waals surface area contributed by atoms with Gasteiger partial charge < -0.3 is 15.4 Å². The standard InChI is InChI=1S/C14H23N3O/c1-11(15)13-3-4-14(16-9-13)17-7-5-12(6-8-17)10-18-2/h3-4,9,11-12H,5-8,10,15H2,1-2H3/t11-/m1/s1. The van der Waals surface area contributed by atoms with Gasteiger partial charge >= 0.3 is 0 Å². The van der Waals surface area contributed by atoms with Crippen LogP contribution in [-0.2, 0) is 4.74 Å². The lowest BCUT2D eigenvalue weighted by atomic mass is 9.98. The highest BCUT2D eigenvalue weighted by Gasteiger charge is 2.19. The summed E-state index contributed by atoms with van der Waals surface area (Å²) >= 11 is 0. The number of piperidine rings is 1. The summed E-state index contributed by atoms with van der Waals surface area (Å²) in [6, 6.07) is 4.21. The Morgan fingerprint density at radius 2 is 2.17 bits per heavy atom. The van der Waals surface area contributed by atoms with E-state index in [1.54, 1.807) is 7.11 Å². The average Bonchev–Trinajstić information content (AvgIpc) is 2.40. The van der Waals surface area contributed by atoms with E-state index in [4.69, 9.17) is 10.5 Å². The lowest BCUT2D eigenvalue weighted by molar-refractivity contribution is 0.139. The van der Waals surface area contributed by atoms with Gasteiger partial charge in [0.2, 0.25) is 0 Å². The smallest absolute Gasteiger partial charge is 0.128 e. The SMILES string of the molecule is COCC1CCN(c2ccc([C@@H](C)N)cn2)CC1. The number of rotatable bonds is 4. The van der Waals surface area contributed by atoms with E-state index >= 15 is 0 Å². The molecule has 4 nitrogen and oxygen atoms in total. The minimum Gasteiger partial charge on any atom is -0.384 e. The lowest BCUT2D eigenvalue weighted by Crippen LogP contribution is -2.35. The molecule has 2 N–H and O–H groups in total. The minimum atomic E-state index is 0.0546. The van der Waals surface area contributed by atoms with Crippen LogP contribution in [0.2, 0.25) is 0 Å². The van der Waals surface area contributed by atoms with Gasteiger partial charge in [0.25, 0.3) is 0 Å². The first-order chi connectivity index (χ1) is 8.70. The molecule has 0 unspecified atom stereocenters. The van der Waals surface area contributed by atoms with Crippen molar-refractivity contribution in [2.75, 3.05) is 31.7 Å². The summed E-state index contributed by atoms with van der Waals surface area (Å²) in [7, 11) is 1.78. The van der Waals surface area contributed by atoms with Crippen LogP contribution in [0.5, 0.6) is 0 Å². The first-order valence-corrected chi connectivity index (χ1v) is 6.66. The van der Waals surface area contributed by atoms with Crippen molar-refractivity contribution in [3.05, 3.63) is 23.9 Å². The molecule has 0 aliphatic carbocycles. The second-order valence-electron chi connectivity index (χ2n) is 5.12. The normalized spacial score (nSPS) is 18.9. The number of nitrogens with two attached hydrogens (primary N) is 1. The first kappa shape index (κ1) is 13.3. The van der Waals surface area contributed by atoms with E-state index in [0.717, 1.165) is 31.1 Å². The summed E-state index contributed by atoms with van der Waals surface area (Å²) in [6.45, 7) is 4.99. The maximum Gasteiger partial charge on any atom is 0.128 e. The summed E-state index contributed by atoms with van der Waals surface area (Å²) < 4.78 is 5.22. The monoisotopic (exact) mass is 249 g/mol. The molecule has 1 atom stereocenters. The predicted octanol–water partition coefficient (Wildman–Crippen LogP) is 1.96. The Labute approximate surface area is 109 Å². The lowest BCUT2D eigenvalue weighted by Gasteiger charge is -2.32. The summed E-state index contributed by atoms with van der Waals surface area (Å²) in [4.78, 5) is 6.85. The van der Waals surface area contributed by atoms with Gasteiger partial charge in [-0.05, 0) is 37.3 Å². The van der Waals surface area contributed by atoms with Gasteiger partial charge in [0.15, 0.2) is 0 Å². The predicted molar refractivity (Wildman–Crippen MR) is 73.7 cm³/mol. The van der Waals surface area contributed by atoms with E-state index in [9.17, 15) is 0 Å². The van der Waals surface area contributed by atoms with Gasteiger partial charge in [-0.3, -0.25) is 0 Å². The third-order valence-corrected chi connectivity index (χ3v) is 3.64. The number of methoxy groups -OCH3 is 1. The highest BCUT2D eigenvalue weighted by Crippen LogP contribution is 2.22. The molecule has 2 heterocycles. The molecule has 1 aliphatic rings. The van der Waals surface area contributed by atoms with Gasteiger partial charge in [-0.2, -0.15) is 0 Å². The molecular weight excluding hydrogens is 226 g/mol. The van der Waals surface area contributed by atoms with Crippen molar-refractivity contribution >= 4 is 5.82 Å². The van der Waals surface area contributed by atoms with Gasteiger partial charge in [-0.1, -0.05) is 6.07 Å². The maximum atomic E-state index is 5.83. The highest BCUT2D eigenvalue weighted by atomic mass is 16.5. The molecule has 0 spiro atoms. The summed E-state index contributed by atoms with van der Waals surface area (Å²) in [5, 5.41) is 0. The van der Waals surface area contributed by atoms with E-state index < -0.39 is 0 Å². The summed E-state index contributed by atoms with van der Waals surface area (Å²) in [6.07, 6.45) is 4.26. The molecule has 1 aromatic rings. The number of nitrogens with zero attached hydrogens (tertiary/aromatic N) is 2. The van der Waals surface area contributed by atoms with E-state index in [2.05, 4.69) is 22.0 Å². The maximum absolute atomic E-state index is 5.83. The average molecular weight is 249 g/mol. The Balaban J connectivity index is 1.93. The second-order valence-corrected chi connectivity index (χ2v) is 5.12. The molecule has 1 saturated heterocycles. The quantitative estimate of drug-likeness (QED) is 0.886. The van der Waals surface area contributed by atoms with Gasteiger partial charge in [-0.15, -0.1) is 0 Å². The van der Waals surface area contributed by atoms with Crippen molar-refractivity contribution < 1.29 is 4.74 Å². The van der Waals surface area contributed by atoms with Crippen molar-refractivity contribution in [2.24, 2.45) is 11.7 Å². The molecule has 4 heteroatoms. The number of hydrogen-bond donors (Lipinski definition) is 1. The van der Waals surface area contributed by atoms with Crippen molar-refractivity contribution in [3.63, 3.8) is 0 Å². The molecule has 100 valence electrons. The molecule has 1 aliphatic heterocycles. The Morgan fingerprint density at radius 3 is 2.67 bits per heavy atom. The molecule has 2 rings (SSSR count). The van der Waals surface area contributed by atoms with Crippen molar-refractivity contribution in [1.29, 1.82) is 0 Å². The molecule has 0 aromatic carbocycles. The molecule has 0 bridgehead atoms. The largest absolute Gasteiger partial charge is 0.384 e. The second kappa shape index (κ2) is 6.16.